The van der Waals surface area contributed by atoms with Gasteiger partial charge in [0.15, 0.2) is 17.5 Å². The highest BCUT2D eigenvalue weighted by Gasteiger charge is 2.21. The lowest BCUT2D eigenvalue weighted by atomic mass is 10.3. The van der Waals surface area contributed by atoms with Crippen molar-refractivity contribution in [3.05, 3.63) is 78.2 Å². The molecule has 24 nitrogen and oxygen atoms in total. The third-order valence-corrected chi connectivity index (χ3v) is 9.47. The molecule has 0 saturated heterocycles. The van der Waals surface area contributed by atoms with E-state index in [9.17, 15) is 38.4 Å². The van der Waals surface area contributed by atoms with Gasteiger partial charge >= 0.3 is 0 Å². The van der Waals surface area contributed by atoms with Crippen molar-refractivity contribution in [2.45, 2.75) is 39.0 Å². The molecule has 5 aromatic rings. The first-order valence-corrected chi connectivity index (χ1v) is 20.2. The number of anilines is 4. The molecule has 0 atom stereocenters. The number of rotatable bonds is 21. The summed E-state index contributed by atoms with van der Waals surface area (Å²) in [6, 6.07) is 2.95. The molecule has 24 heteroatoms. The highest BCUT2D eigenvalue weighted by atomic mass is 16.2. The van der Waals surface area contributed by atoms with Crippen LogP contribution in [0.1, 0.15) is 91.9 Å². The van der Waals surface area contributed by atoms with E-state index in [1.54, 1.807) is 52.2 Å². The molecule has 8 amide bonds. The van der Waals surface area contributed by atoms with E-state index < -0.39 is 41.4 Å². The topological polar surface area (TPSA) is 296 Å². The molecule has 5 rings (SSSR count). The average Bonchev–Trinajstić information content (AvgIpc) is 4.07. The van der Waals surface area contributed by atoms with Crippen LogP contribution in [0.3, 0.4) is 0 Å². The molecule has 8 N–H and O–H groups in total. The van der Waals surface area contributed by atoms with Crippen molar-refractivity contribution >= 4 is 70.3 Å². The van der Waals surface area contributed by atoms with E-state index in [4.69, 9.17) is 0 Å². The van der Waals surface area contributed by atoms with Gasteiger partial charge in [0.1, 0.15) is 11.4 Å². The highest BCUT2D eigenvalue weighted by Crippen LogP contribution is 2.17. The number of aryl methyl sites for hydroxylation is 5. The molecule has 0 aliphatic carbocycles. The molecule has 340 valence electrons. The van der Waals surface area contributed by atoms with Crippen LogP contribution in [0.4, 0.5) is 23.0 Å². The van der Waals surface area contributed by atoms with Crippen LogP contribution in [0.15, 0.2) is 49.3 Å². The predicted molar refractivity (Wildman–Crippen MR) is 232 cm³/mol. The molecule has 0 aliphatic heterocycles. The zero-order valence-corrected chi connectivity index (χ0v) is 36.3. The number of hydrogen-bond donors (Lipinski definition) is 8. The standard InChI is InChI=1S/C40H52N16O8/c1-7-8-12-41-30(57)9-13-45-38(62)34-50-28(22-55(34)5)48-31(58)10-14-44-37(61)27-19-25(21-54(27)4)47-40(64)35-51-29(23-56(35)6)49-32(59)11-15-43-36(60)26-18-24(20-53(26)3)46-39(63)33-42-16-17-52(33)2/h16-23H,7-15H2,1-6H3,(H,41,57)(H,43,60)(H,44,61)(H,45,62)(H,46,63)(H,47,64)(H,48,58)(H,49,59). The second kappa shape index (κ2) is 21.7. The molecule has 0 unspecified atom stereocenters. The number of amides is 8. The van der Waals surface area contributed by atoms with Gasteiger partial charge in [-0.3, -0.25) is 38.4 Å². The Morgan fingerprint density at radius 3 is 1.41 bits per heavy atom. The van der Waals surface area contributed by atoms with Gasteiger partial charge < -0.3 is 65.4 Å². The lowest BCUT2D eigenvalue weighted by Crippen LogP contribution is -2.32. The van der Waals surface area contributed by atoms with Crippen LogP contribution in [0.25, 0.3) is 0 Å². The Hall–Kier alpha value is -8.05. The fraction of sp³-hybridized carbons (Fsp3) is 0.375. The lowest BCUT2D eigenvalue weighted by Gasteiger charge is -2.06. The smallest absolute Gasteiger partial charge is 0.291 e. The maximum atomic E-state index is 13.2. The molecular weight excluding hydrogens is 833 g/mol. The third-order valence-electron chi connectivity index (χ3n) is 9.47. The molecule has 0 aromatic carbocycles. The summed E-state index contributed by atoms with van der Waals surface area (Å²) < 4.78 is 7.44. The van der Waals surface area contributed by atoms with Crippen LogP contribution in [0, 0.1) is 0 Å². The molecule has 0 fully saturated rings. The van der Waals surface area contributed by atoms with Crippen molar-refractivity contribution < 1.29 is 38.4 Å². The van der Waals surface area contributed by atoms with Crippen LogP contribution < -0.4 is 42.5 Å². The van der Waals surface area contributed by atoms with E-state index in [0.29, 0.717) is 12.2 Å². The number of aromatic nitrogens is 8. The normalized spacial score (nSPS) is 10.8. The van der Waals surface area contributed by atoms with E-state index in [1.807, 2.05) is 6.92 Å². The summed E-state index contributed by atoms with van der Waals surface area (Å²) in [4.78, 5) is 114. The number of carbonyl (C=O) groups is 8. The number of imidazole rings is 3. The number of nitrogens with one attached hydrogen (secondary N) is 8. The summed E-state index contributed by atoms with van der Waals surface area (Å²) in [7, 11) is 8.09. The largest absolute Gasteiger partial charge is 0.356 e. The van der Waals surface area contributed by atoms with Crippen molar-refractivity contribution in [2.24, 2.45) is 35.2 Å². The monoisotopic (exact) mass is 884 g/mol. The molecule has 64 heavy (non-hydrogen) atoms. The Morgan fingerprint density at radius 2 is 0.938 bits per heavy atom. The van der Waals surface area contributed by atoms with Crippen molar-refractivity contribution in [3.8, 4) is 0 Å². The maximum Gasteiger partial charge on any atom is 0.291 e. The van der Waals surface area contributed by atoms with Gasteiger partial charge in [-0.15, -0.1) is 0 Å². The van der Waals surface area contributed by atoms with Gasteiger partial charge in [-0.25, -0.2) is 15.0 Å². The summed E-state index contributed by atoms with van der Waals surface area (Å²) in [5.41, 5.74) is 1.12. The first kappa shape index (κ1) is 47.0. The zero-order valence-electron chi connectivity index (χ0n) is 36.3. The van der Waals surface area contributed by atoms with Crippen molar-refractivity contribution in [1.29, 1.82) is 0 Å². The first-order chi connectivity index (χ1) is 30.5. The van der Waals surface area contributed by atoms with Gasteiger partial charge in [-0.1, -0.05) is 13.3 Å². The fourth-order valence-electron chi connectivity index (χ4n) is 6.18. The van der Waals surface area contributed by atoms with Gasteiger partial charge in [0.2, 0.25) is 29.4 Å². The van der Waals surface area contributed by atoms with Crippen LogP contribution in [0.5, 0.6) is 0 Å². The van der Waals surface area contributed by atoms with Gasteiger partial charge in [-0.2, -0.15) is 0 Å². The molecule has 0 bridgehead atoms. The number of carbonyl (C=O) groups excluding carboxylic acids is 8. The van der Waals surface area contributed by atoms with E-state index >= 15 is 0 Å². The van der Waals surface area contributed by atoms with Gasteiger partial charge in [0.05, 0.1) is 11.4 Å². The Bertz CT molecular complexity index is 2540. The second-order valence-corrected chi connectivity index (χ2v) is 14.7. The van der Waals surface area contributed by atoms with Crippen molar-refractivity contribution in [3.63, 3.8) is 0 Å². The van der Waals surface area contributed by atoms with Crippen molar-refractivity contribution in [1.82, 2.24) is 59.1 Å². The lowest BCUT2D eigenvalue weighted by molar-refractivity contribution is -0.121. The fourth-order valence-corrected chi connectivity index (χ4v) is 6.18. The van der Waals surface area contributed by atoms with Gasteiger partial charge in [-0.05, 0) is 18.6 Å². The highest BCUT2D eigenvalue weighted by molar-refractivity contribution is 6.04. The maximum absolute atomic E-state index is 13.2. The molecule has 5 heterocycles. The van der Waals surface area contributed by atoms with Crippen LogP contribution in [-0.2, 0) is 49.6 Å². The number of unbranched alkanes of at least 4 members (excludes halogenated alkanes) is 1. The Labute approximate surface area is 366 Å². The average molecular weight is 885 g/mol. The minimum atomic E-state index is -0.622. The first-order valence-electron chi connectivity index (χ1n) is 20.2. The predicted octanol–water partition coefficient (Wildman–Crippen LogP) is 0.622. The van der Waals surface area contributed by atoms with Crippen molar-refractivity contribution in [2.75, 3.05) is 47.4 Å². The van der Waals surface area contributed by atoms with E-state index in [1.165, 1.54) is 55.2 Å². The summed E-state index contributed by atoms with van der Waals surface area (Å²) in [6.07, 6.45) is 10.9. The quantitative estimate of drug-likeness (QED) is 0.0473. The number of hydrogen-bond acceptors (Lipinski definition) is 11. The molecule has 0 spiro atoms. The molecule has 0 aliphatic rings. The van der Waals surface area contributed by atoms with Gasteiger partial charge in [0.25, 0.3) is 29.5 Å². The summed E-state index contributed by atoms with van der Waals surface area (Å²) in [5, 5.41) is 21.3. The van der Waals surface area contributed by atoms with Crippen LogP contribution in [0.2, 0.25) is 0 Å². The Kier molecular flexibility index (Phi) is 15.9. The minimum absolute atomic E-state index is 0.0143. The SMILES string of the molecule is CCCCNC(=O)CCNC(=O)c1nc(NC(=O)CCNC(=O)c2cc(NC(=O)c3nc(NC(=O)CCNC(=O)c4cc(NC(=O)c5nccn5C)cn4C)cn3C)cn2C)cn1C. The molecule has 5 aromatic heterocycles. The summed E-state index contributed by atoms with van der Waals surface area (Å²) >= 11 is 0. The molecule has 0 saturated carbocycles. The summed E-state index contributed by atoms with van der Waals surface area (Å²) in [5.74, 6) is -3.20. The molecular formula is C40H52N16O8. The van der Waals surface area contributed by atoms with Crippen LogP contribution >= 0.6 is 0 Å². The Morgan fingerprint density at radius 1 is 0.484 bits per heavy atom. The third kappa shape index (κ3) is 12.7. The van der Waals surface area contributed by atoms with E-state index in [-0.39, 0.29) is 91.0 Å². The van der Waals surface area contributed by atoms with E-state index in [0.717, 1.165) is 12.8 Å². The van der Waals surface area contributed by atoms with Crippen LogP contribution in [-0.4, -0.2) is 111 Å². The minimum Gasteiger partial charge on any atom is -0.356 e. The van der Waals surface area contributed by atoms with Gasteiger partial charge in [0, 0.05) is 118 Å². The second-order valence-electron chi connectivity index (χ2n) is 14.7. The zero-order chi connectivity index (χ0) is 46.5. The Balaban J connectivity index is 1.02. The number of nitrogens with zero attached hydrogens (tertiary/aromatic N) is 8. The summed E-state index contributed by atoms with van der Waals surface area (Å²) in [6.45, 7) is 2.68. The molecule has 0 radical (unpaired) electrons. The van der Waals surface area contributed by atoms with E-state index in [2.05, 4.69) is 57.5 Å².